The summed E-state index contributed by atoms with van der Waals surface area (Å²) in [6, 6.07) is 12.0. The molecule has 198 valence electrons. The number of aliphatic hydroxyl groups is 1. The summed E-state index contributed by atoms with van der Waals surface area (Å²) in [5, 5.41) is 28.8. The predicted octanol–water partition coefficient (Wildman–Crippen LogP) is 4.25. The molecule has 0 amide bonds. The molecular formula is C25H29N3O9. The van der Waals surface area contributed by atoms with Crippen molar-refractivity contribution < 1.29 is 38.6 Å². The Balaban J connectivity index is 1.40. The number of benzene rings is 2. The zero-order chi connectivity index (χ0) is 26.8. The summed E-state index contributed by atoms with van der Waals surface area (Å²) in [6.07, 6.45) is -0.619. The van der Waals surface area contributed by atoms with Gasteiger partial charge in [-0.3, -0.25) is 19.7 Å². The fourth-order valence-electron chi connectivity index (χ4n) is 3.24. The van der Waals surface area contributed by atoms with Crippen LogP contribution in [0.3, 0.4) is 0 Å². The third-order valence-corrected chi connectivity index (χ3v) is 5.50. The van der Waals surface area contributed by atoms with E-state index in [1.165, 1.54) is 24.3 Å². The molecule has 2 aromatic rings. The molecule has 1 aliphatic rings. The van der Waals surface area contributed by atoms with Gasteiger partial charge in [-0.05, 0) is 49.2 Å². The second-order valence-electron chi connectivity index (χ2n) is 8.50. The Kier molecular flexibility index (Phi) is 10.0. The predicted molar refractivity (Wildman–Crippen MR) is 130 cm³/mol. The first-order chi connectivity index (χ1) is 17.7. The molecule has 4 atom stereocenters. The van der Waals surface area contributed by atoms with Gasteiger partial charge in [0.25, 0.3) is 5.69 Å². The average Bonchev–Trinajstić information content (AvgIpc) is 3.73. The van der Waals surface area contributed by atoms with Crippen molar-refractivity contribution in [2.75, 3.05) is 19.8 Å². The minimum absolute atomic E-state index is 0.0200. The first-order valence-electron chi connectivity index (χ1n) is 11.8. The van der Waals surface area contributed by atoms with Crippen molar-refractivity contribution in [3.05, 3.63) is 58.6 Å². The van der Waals surface area contributed by atoms with Crippen LogP contribution in [0.1, 0.15) is 26.7 Å². The number of nitro groups is 1. The number of carbonyl (C=O) groups is 2. The summed E-state index contributed by atoms with van der Waals surface area (Å²) in [5.41, 5.74) is 0.908. The van der Waals surface area contributed by atoms with Crippen molar-refractivity contribution in [1.29, 1.82) is 0 Å². The van der Waals surface area contributed by atoms with Crippen LogP contribution in [-0.4, -0.2) is 54.2 Å². The first kappa shape index (κ1) is 27.7. The van der Waals surface area contributed by atoms with Crippen LogP contribution in [0.5, 0.6) is 5.75 Å². The molecule has 1 fully saturated rings. The largest absolute Gasteiger partial charge is 0.463 e. The molecule has 1 saturated heterocycles. The summed E-state index contributed by atoms with van der Waals surface area (Å²) in [4.78, 5) is 34.7. The Hall–Kier alpha value is -3.90. The van der Waals surface area contributed by atoms with Gasteiger partial charge in [0.1, 0.15) is 18.5 Å². The minimum Gasteiger partial charge on any atom is -0.463 e. The van der Waals surface area contributed by atoms with E-state index in [9.17, 15) is 24.8 Å². The fourth-order valence-corrected chi connectivity index (χ4v) is 3.24. The van der Waals surface area contributed by atoms with Gasteiger partial charge in [0.05, 0.1) is 34.7 Å². The number of hydrogen-bond acceptors (Lipinski definition) is 11. The van der Waals surface area contributed by atoms with Crippen LogP contribution < -0.4 is 4.74 Å². The summed E-state index contributed by atoms with van der Waals surface area (Å²) in [7, 11) is 0. The van der Waals surface area contributed by atoms with Crippen LogP contribution in [0.15, 0.2) is 58.8 Å². The summed E-state index contributed by atoms with van der Waals surface area (Å²) < 4.78 is 20.7. The highest BCUT2D eigenvalue weighted by Crippen LogP contribution is 2.24. The van der Waals surface area contributed by atoms with Crippen molar-refractivity contribution in [3.8, 4) is 5.75 Å². The van der Waals surface area contributed by atoms with E-state index in [1.807, 2.05) is 6.92 Å². The van der Waals surface area contributed by atoms with E-state index in [0.717, 1.165) is 0 Å². The number of azo groups is 1. The number of rotatable bonds is 14. The van der Waals surface area contributed by atoms with Gasteiger partial charge < -0.3 is 24.1 Å². The van der Waals surface area contributed by atoms with E-state index in [-0.39, 0.29) is 37.4 Å². The number of epoxide rings is 1. The Morgan fingerprint density at radius 1 is 1.08 bits per heavy atom. The van der Waals surface area contributed by atoms with Crippen LogP contribution >= 0.6 is 0 Å². The number of esters is 2. The van der Waals surface area contributed by atoms with E-state index in [2.05, 4.69) is 10.2 Å². The van der Waals surface area contributed by atoms with E-state index in [0.29, 0.717) is 30.2 Å². The Labute approximate surface area is 213 Å². The molecule has 3 rings (SSSR count). The van der Waals surface area contributed by atoms with Gasteiger partial charge in [-0.25, -0.2) is 0 Å². The van der Waals surface area contributed by atoms with Crippen LogP contribution in [0.4, 0.5) is 17.1 Å². The normalized spacial score (nSPS) is 17.0. The number of ether oxygens (including phenoxy) is 4. The summed E-state index contributed by atoms with van der Waals surface area (Å²) in [5.74, 6) is -1.60. The molecule has 2 aromatic carbocycles. The number of aliphatic hydroxyl groups excluding tert-OH is 1. The molecule has 37 heavy (non-hydrogen) atoms. The highest BCUT2D eigenvalue weighted by molar-refractivity contribution is 5.75. The van der Waals surface area contributed by atoms with Crippen molar-refractivity contribution in [2.45, 2.75) is 39.1 Å². The minimum atomic E-state index is -1.39. The molecule has 12 heteroatoms. The quantitative estimate of drug-likeness (QED) is 0.0967. The van der Waals surface area contributed by atoms with Crippen LogP contribution in [0.25, 0.3) is 0 Å². The van der Waals surface area contributed by atoms with Crippen molar-refractivity contribution in [2.24, 2.45) is 22.1 Å². The molecule has 1 N–H and O–H groups in total. The second-order valence-corrected chi connectivity index (χ2v) is 8.50. The molecule has 0 bridgehead atoms. The zero-order valence-corrected chi connectivity index (χ0v) is 20.5. The molecule has 1 aliphatic heterocycles. The molecule has 1 heterocycles. The molecule has 12 nitrogen and oxygen atoms in total. The molecule has 0 aromatic heterocycles. The zero-order valence-electron chi connectivity index (χ0n) is 20.5. The van der Waals surface area contributed by atoms with E-state index in [1.54, 1.807) is 31.2 Å². The highest BCUT2D eigenvalue weighted by atomic mass is 16.6. The Morgan fingerprint density at radius 2 is 1.68 bits per heavy atom. The van der Waals surface area contributed by atoms with Gasteiger partial charge >= 0.3 is 11.9 Å². The maximum absolute atomic E-state index is 12.3. The van der Waals surface area contributed by atoms with Crippen LogP contribution in [-0.2, 0) is 23.8 Å². The molecular weight excluding hydrogens is 486 g/mol. The molecule has 4 unspecified atom stereocenters. The standard InChI is InChI=1S/C25H29N3O9/c1-3-17(25(31)35-14-22-13-34-22)12-16(2)24(30)36-15-23(29)37-21-10-6-19(7-11-21)27-26-18-4-8-20(9-5-18)28(32)33/h4-11,16-17,22-23,29H,3,12-15H2,1-2H3. The monoisotopic (exact) mass is 515 g/mol. The number of carbonyl (C=O) groups excluding carboxylic acids is 2. The van der Waals surface area contributed by atoms with Crippen molar-refractivity contribution in [1.82, 2.24) is 0 Å². The lowest BCUT2D eigenvalue weighted by molar-refractivity contribution is -0.384. The number of nitro benzene ring substituents is 1. The van der Waals surface area contributed by atoms with E-state index >= 15 is 0 Å². The Morgan fingerprint density at radius 3 is 2.22 bits per heavy atom. The van der Waals surface area contributed by atoms with Gasteiger partial charge in [0, 0.05) is 12.1 Å². The highest BCUT2D eigenvalue weighted by Gasteiger charge is 2.29. The number of non-ortho nitro benzene ring substituents is 1. The van der Waals surface area contributed by atoms with Crippen molar-refractivity contribution >= 4 is 29.0 Å². The van der Waals surface area contributed by atoms with E-state index < -0.39 is 29.0 Å². The molecule has 0 spiro atoms. The SMILES string of the molecule is CCC(CC(C)C(=O)OCC(O)Oc1ccc(N=Nc2ccc([N+](=O)[O-])cc2)cc1)C(=O)OCC1CO1. The number of nitrogens with zero attached hydrogens (tertiary/aromatic N) is 3. The maximum atomic E-state index is 12.3. The summed E-state index contributed by atoms with van der Waals surface area (Å²) >= 11 is 0. The van der Waals surface area contributed by atoms with Crippen LogP contribution in [0, 0.1) is 22.0 Å². The fraction of sp³-hybridized carbons (Fsp3) is 0.440. The third-order valence-electron chi connectivity index (χ3n) is 5.50. The van der Waals surface area contributed by atoms with Gasteiger partial charge in [-0.2, -0.15) is 10.2 Å². The lowest BCUT2D eigenvalue weighted by Crippen LogP contribution is -2.29. The molecule has 0 aliphatic carbocycles. The van der Waals surface area contributed by atoms with Gasteiger partial charge in [-0.15, -0.1) is 0 Å². The van der Waals surface area contributed by atoms with E-state index in [4.69, 9.17) is 18.9 Å². The van der Waals surface area contributed by atoms with Gasteiger partial charge in [-0.1, -0.05) is 13.8 Å². The second kappa shape index (κ2) is 13.4. The molecule has 0 saturated carbocycles. The molecule has 0 radical (unpaired) electrons. The summed E-state index contributed by atoms with van der Waals surface area (Å²) in [6.45, 7) is 3.93. The Bertz CT molecular complexity index is 1090. The first-order valence-corrected chi connectivity index (χ1v) is 11.8. The lowest BCUT2D eigenvalue weighted by Gasteiger charge is -2.19. The third kappa shape index (κ3) is 9.24. The maximum Gasteiger partial charge on any atom is 0.309 e. The smallest absolute Gasteiger partial charge is 0.309 e. The van der Waals surface area contributed by atoms with Gasteiger partial charge in [0.15, 0.2) is 6.61 Å². The van der Waals surface area contributed by atoms with Gasteiger partial charge in [0.2, 0.25) is 6.29 Å². The number of hydrogen-bond donors (Lipinski definition) is 1. The topological polar surface area (TPSA) is 162 Å². The van der Waals surface area contributed by atoms with Crippen molar-refractivity contribution in [3.63, 3.8) is 0 Å². The average molecular weight is 516 g/mol. The van der Waals surface area contributed by atoms with Crippen LogP contribution in [0.2, 0.25) is 0 Å². The lowest BCUT2D eigenvalue weighted by atomic mass is 9.94.